The number of thiophene rings is 1. The molecule has 1 aromatic heterocycles. The van der Waals surface area contributed by atoms with Crippen molar-refractivity contribution in [3.05, 3.63) is 21.3 Å². The predicted octanol–water partition coefficient (Wildman–Crippen LogP) is 2.11. The van der Waals surface area contributed by atoms with E-state index in [-0.39, 0.29) is 11.9 Å². The first-order valence-electron chi connectivity index (χ1n) is 4.80. The van der Waals surface area contributed by atoms with Gasteiger partial charge in [0.15, 0.2) is 0 Å². The highest BCUT2D eigenvalue weighted by Gasteiger charge is 2.11. The van der Waals surface area contributed by atoms with E-state index in [1.54, 1.807) is 12.1 Å². The number of hydrogen-bond donors (Lipinski definition) is 2. The van der Waals surface area contributed by atoms with Gasteiger partial charge in [0.05, 0.1) is 9.21 Å². The van der Waals surface area contributed by atoms with Gasteiger partial charge in [-0.15, -0.1) is 11.3 Å². The van der Waals surface area contributed by atoms with Crippen LogP contribution >= 0.6 is 22.9 Å². The van der Waals surface area contributed by atoms with Gasteiger partial charge in [-0.25, -0.2) is 0 Å². The Morgan fingerprint density at radius 2 is 2.27 bits per heavy atom. The van der Waals surface area contributed by atoms with E-state index in [9.17, 15) is 4.79 Å². The van der Waals surface area contributed by atoms with Crippen LogP contribution in [0.25, 0.3) is 0 Å². The van der Waals surface area contributed by atoms with Gasteiger partial charge >= 0.3 is 0 Å². The van der Waals surface area contributed by atoms with E-state index >= 15 is 0 Å². The normalized spacial score (nSPS) is 12.9. The van der Waals surface area contributed by atoms with Crippen LogP contribution in [0.4, 0.5) is 0 Å². The monoisotopic (exact) mass is 246 g/mol. The SMILES string of the molecule is CC(C)C(N)CNC(=O)c1ccc(Cl)s1. The molecule has 0 aliphatic heterocycles. The Balaban J connectivity index is 2.43. The molecule has 1 heterocycles. The maximum absolute atomic E-state index is 11.6. The molecule has 1 amide bonds. The minimum atomic E-state index is -0.108. The van der Waals surface area contributed by atoms with Crippen molar-refractivity contribution in [1.82, 2.24) is 5.32 Å². The second-order valence-electron chi connectivity index (χ2n) is 3.72. The van der Waals surface area contributed by atoms with Crippen molar-refractivity contribution in [1.29, 1.82) is 0 Å². The topological polar surface area (TPSA) is 55.1 Å². The van der Waals surface area contributed by atoms with Crippen molar-refractivity contribution >= 4 is 28.8 Å². The van der Waals surface area contributed by atoms with Gasteiger partial charge in [0, 0.05) is 12.6 Å². The van der Waals surface area contributed by atoms with Crippen LogP contribution in [0.15, 0.2) is 12.1 Å². The van der Waals surface area contributed by atoms with Crippen LogP contribution in [0.5, 0.6) is 0 Å². The van der Waals surface area contributed by atoms with Gasteiger partial charge < -0.3 is 11.1 Å². The van der Waals surface area contributed by atoms with E-state index in [0.29, 0.717) is 21.7 Å². The fourth-order valence-electron chi connectivity index (χ4n) is 0.970. The Kier molecular flexibility index (Phi) is 4.57. The highest BCUT2D eigenvalue weighted by Crippen LogP contribution is 2.20. The summed E-state index contributed by atoms with van der Waals surface area (Å²) >= 11 is 7.00. The maximum atomic E-state index is 11.6. The van der Waals surface area contributed by atoms with Crippen LogP contribution < -0.4 is 11.1 Å². The van der Waals surface area contributed by atoms with Crippen LogP contribution in [0.2, 0.25) is 4.34 Å². The lowest BCUT2D eigenvalue weighted by Crippen LogP contribution is -2.40. The molecule has 1 atom stereocenters. The molecule has 0 spiro atoms. The average molecular weight is 247 g/mol. The zero-order chi connectivity index (χ0) is 11.4. The molecule has 0 bridgehead atoms. The first-order valence-corrected chi connectivity index (χ1v) is 5.99. The highest BCUT2D eigenvalue weighted by molar-refractivity contribution is 7.17. The first-order chi connectivity index (χ1) is 7.00. The van der Waals surface area contributed by atoms with Crippen LogP contribution in [0.3, 0.4) is 0 Å². The Bertz CT molecular complexity index is 338. The number of carbonyl (C=O) groups is 1. The van der Waals surface area contributed by atoms with Gasteiger partial charge in [-0.2, -0.15) is 0 Å². The molecule has 0 aromatic carbocycles. The van der Waals surface area contributed by atoms with Gasteiger partial charge in [0.1, 0.15) is 0 Å². The molecule has 0 aliphatic rings. The highest BCUT2D eigenvalue weighted by atomic mass is 35.5. The summed E-state index contributed by atoms with van der Waals surface area (Å²) in [6.07, 6.45) is 0. The second kappa shape index (κ2) is 5.49. The molecule has 5 heteroatoms. The lowest BCUT2D eigenvalue weighted by Gasteiger charge is -2.15. The summed E-state index contributed by atoms with van der Waals surface area (Å²) < 4.78 is 0.619. The molecular formula is C10H15ClN2OS. The summed E-state index contributed by atoms with van der Waals surface area (Å²) in [5.41, 5.74) is 5.81. The summed E-state index contributed by atoms with van der Waals surface area (Å²) in [4.78, 5) is 12.2. The zero-order valence-corrected chi connectivity index (χ0v) is 10.4. The molecule has 15 heavy (non-hydrogen) atoms. The summed E-state index contributed by atoms with van der Waals surface area (Å²) in [5, 5.41) is 2.78. The van der Waals surface area contributed by atoms with Crippen molar-refractivity contribution in [2.24, 2.45) is 11.7 Å². The summed E-state index contributed by atoms with van der Waals surface area (Å²) in [6, 6.07) is 3.41. The second-order valence-corrected chi connectivity index (χ2v) is 5.44. The number of rotatable bonds is 4. The van der Waals surface area contributed by atoms with Gasteiger partial charge in [0.25, 0.3) is 5.91 Å². The fraction of sp³-hybridized carbons (Fsp3) is 0.500. The molecule has 3 N–H and O–H groups in total. The van der Waals surface area contributed by atoms with Crippen molar-refractivity contribution in [2.75, 3.05) is 6.54 Å². The number of nitrogens with two attached hydrogens (primary N) is 1. The number of halogens is 1. The Morgan fingerprint density at radius 3 is 2.73 bits per heavy atom. The molecular weight excluding hydrogens is 232 g/mol. The van der Waals surface area contributed by atoms with Crippen molar-refractivity contribution in [3.8, 4) is 0 Å². The quantitative estimate of drug-likeness (QED) is 0.855. The number of hydrogen-bond acceptors (Lipinski definition) is 3. The van der Waals surface area contributed by atoms with E-state index in [2.05, 4.69) is 5.32 Å². The Morgan fingerprint density at radius 1 is 1.60 bits per heavy atom. The Labute approximate surface area is 98.6 Å². The smallest absolute Gasteiger partial charge is 0.261 e. The van der Waals surface area contributed by atoms with Crippen LogP contribution in [-0.2, 0) is 0 Å². The van der Waals surface area contributed by atoms with E-state index in [1.807, 2.05) is 13.8 Å². The fourth-order valence-corrected chi connectivity index (χ4v) is 1.93. The largest absolute Gasteiger partial charge is 0.350 e. The molecule has 1 unspecified atom stereocenters. The molecule has 84 valence electrons. The van der Waals surface area contributed by atoms with Crippen LogP contribution in [0, 0.1) is 5.92 Å². The van der Waals surface area contributed by atoms with Gasteiger partial charge in [-0.3, -0.25) is 4.79 Å². The van der Waals surface area contributed by atoms with Gasteiger partial charge in [-0.05, 0) is 18.1 Å². The van der Waals surface area contributed by atoms with E-state index in [0.717, 1.165) is 0 Å². The maximum Gasteiger partial charge on any atom is 0.261 e. The molecule has 1 aromatic rings. The molecule has 0 saturated heterocycles. The minimum absolute atomic E-state index is 0.00983. The molecule has 0 fully saturated rings. The van der Waals surface area contributed by atoms with Crippen molar-refractivity contribution in [3.63, 3.8) is 0 Å². The third-order valence-corrected chi connectivity index (χ3v) is 3.38. The van der Waals surface area contributed by atoms with Crippen molar-refractivity contribution < 1.29 is 4.79 Å². The van der Waals surface area contributed by atoms with E-state index < -0.39 is 0 Å². The Hall–Kier alpha value is -0.580. The van der Waals surface area contributed by atoms with E-state index in [1.165, 1.54) is 11.3 Å². The first kappa shape index (κ1) is 12.5. The standard InChI is InChI=1S/C10H15ClN2OS/c1-6(2)7(12)5-13-10(14)8-3-4-9(11)15-8/h3-4,6-7H,5,12H2,1-2H3,(H,13,14). The lowest BCUT2D eigenvalue weighted by molar-refractivity contribution is 0.0953. The average Bonchev–Trinajstić information content (AvgIpc) is 2.60. The third-order valence-electron chi connectivity index (χ3n) is 2.15. The molecule has 0 saturated carbocycles. The third kappa shape index (κ3) is 3.81. The molecule has 0 radical (unpaired) electrons. The van der Waals surface area contributed by atoms with Gasteiger partial charge in [0.2, 0.25) is 0 Å². The van der Waals surface area contributed by atoms with Crippen LogP contribution in [-0.4, -0.2) is 18.5 Å². The molecule has 3 nitrogen and oxygen atoms in total. The summed E-state index contributed by atoms with van der Waals surface area (Å²) in [5.74, 6) is 0.250. The molecule has 0 aliphatic carbocycles. The van der Waals surface area contributed by atoms with Crippen LogP contribution in [0.1, 0.15) is 23.5 Å². The van der Waals surface area contributed by atoms with Crippen molar-refractivity contribution in [2.45, 2.75) is 19.9 Å². The number of amides is 1. The number of carbonyl (C=O) groups excluding carboxylic acids is 1. The number of nitrogens with one attached hydrogen (secondary N) is 1. The summed E-state index contributed by atoms with van der Waals surface area (Å²) in [7, 11) is 0. The predicted molar refractivity (Wildman–Crippen MR) is 64.5 cm³/mol. The van der Waals surface area contributed by atoms with E-state index in [4.69, 9.17) is 17.3 Å². The lowest BCUT2D eigenvalue weighted by atomic mass is 10.1. The molecule has 1 rings (SSSR count). The van der Waals surface area contributed by atoms with Gasteiger partial charge in [-0.1, -0.05) is 25.4 Å². The minimum Gasteiger partial charge on any atom is -0.350 e. The zero-order valence-electron chi connectivity index (χ0n) is 8.79. The summed E-state index contributed by atoms with van der Waals surface area (Å²) in [6.45, 7) is 4.55.